The SMILES string of the molecule is CC(C)c1nccc(CC2C(NC3Cc4ccccc4C3)CC(O)C2CO)n1. The maximum absolute atomic E-state index is 10.6. The summed E-state index contributed by atoms with van der Waals surface area (Å²) in [5.41, 5.74) is 3.84. The van der Waals surface area contributed by atoms with Crippen molar-refractivity contribution in [2.45, 2.75) is 63.6 Å². The first kappa shape index (κ1) is 19.5. The molecule has 0 saturated heterocycles. The van der Waals surface area contributed by atoms with Crippen LogP contribution in [0, 0.1) is 11.8 Å². The van der Waals surface area contributed by atoms with Gasteiger partial charge in [-0.2, -0.15) is 0 Å². The minimum Gasteiger partial charge on any atom is -0.396 e. The molecule has 1 aromatic carbocycles. The number of nitrogens with one attached hydrogen (secondary N) is 1. The third kappa shape index (κ3) is 3.97. The Morgan fingerprint density at radius 2 is 1.82 bits per heavy atom. The van der Waals surface area contributed by atoms with Crippen LogP contribution in [-0.4, -0.2) is 45.0 Å². The first-order chi connectivity index (χ1) is 13.5. The predicted molar refractivity (Wildman–Crippen MR) is 109 cm³/mol. The highest BCUT2D eigenvalue weighted by Crippen LogP contribution is 2.36. The van der Waals surface area contributed by atoms with Crippen molar-refractivity contribution >= 4 is 0 Å². The van der Waals surface area contributed by atoms with Gasteiger partial charge < -0.3 is 15.5 Å². The molecule has 1 fully saturated rings. The van der Waals surface area contributed by atoms with Gasteiger partial charge in [0.15, 0.2) is 0 Å². The lowest BCUT2D eigenvalue weighted by molar-refractivity contribution is 0.0715. The summed E-state index contributed by atoms with van der Waals surface area (Å²) in [7, 11) is 0. The molecule has 4 atom stereocenters. The molecule has 0 amide bonds. The lowest BCUT2D eigenvalue weighted by Crippen LogP contribution is -2.43. The third-order valence-corrected chi connectivity index (χ3v) is 6.46. The Labute approximate surface area is 167 Å². The van der Waals surface area contributed by atoms with Crippen molar-refractivity contribution in [2.75, 3.05) is 6.61 Å². The number of hydrogen-bond donors (Lipinski definition) is 3. The monoisotopic (exact) mass is 381 g/mol. The van der Waals surface area contributed by atoms with E-state index in [9.17, 15) is 10.2 Å². The van der Waals surface area contributed by atoms with Crippen LogP contribution in [0.15, 0.2) is 36.5 Å². The van der Waals surface area contributed by atoms with Gasteiger partial charge in [-0.25, -0.2) is 9.97 Å². The van der Waals surface area contributed by atoms with Crippen LogP contribution >= 0.6 is 0 Å². The van der Waals surface area contributed by atoms with Crippen molar-refractivity contribution in [2.24, 2.45) is 11.8 Å². The summed E-state index contributed by atoms with van der Waals surface area (Å²) in [6.07, 6.45) is 4.86. The first-order valence-electron chi connectivity index (χ1n) is 10.5. The van der Waals surface area contributed by atoms with Gasteiger partial charge in [0.1, 0.15) is 5.82 Å². The van der Waals surface area contributed by atoms with E-state index in [-0.39, 0.29) is 30.4 Å². The molecule has 5 heteroatoms. The Morgan fingerprint density at radius 3 is 2.46 bits per heavy atom. The molecule has 1 saturated carbocycles. The number of hydrogen-bond acceptors (Lipinski definition) is 5. The van der Waals surface area contributed by atoms with Crippen molar-refractivity contribution in [3.8, 4) is 0 Å². The normalized spacial score (nSPS) is 27.5. The lowest BCUT2D eigenvalue weighted by atomic mass is 9.88. The molecule has 28 heavy (non-hydrogen) atoms. The molecule has 5 nitrogen and oxygen atoms in total. The van der Waals surface area contributed by atoms with Gasteiger partial charge >= 0.3 is 0 Å². The number of nitrogens with zero attached hydrogens (tertiary/aromatic N) is 2. The Kier molecular flexibility index (Phi) is 5.76. The zero-order valence-corrected chi connectivity index (χ0v) is 16.8. The van der Waals surface area contributed by atoms with E-state index in [4.69, 9.17) is 4.98 Å². The molecule has 0 radical (unpaired) electrons. The largest absolute Gasteiger partial charge is 0.396 e. The van der Waals surface area contributed by atoms with Crippen molar-refractivity contribution in [1.82, 2.24) is 15.3 Å². The topological polar surface area (TPSA) is 78.3 Å². The number of rotatable bonds is 6. The Balaban J connectivity index is 1.49. The van der Waals surface area contributed by atoms with Gasteiger partial charge in [-0.1, -0.05) is 38.1 Å². The third-order valence-electron chi connectivity index (χ3n) is 6.46. The van der Waals surface area contributed by atoms with E-state index in [1.165, 1.54) is 11.1 Å². The van der Waals surface area contributed by atoms with E-state index in [1.54, 1.807) is 0 Å². The minimum atomic E-state index is -0.470. The van der Waals surface area contributed by atoms with Crippen molar-refractivity contribution in [3.05, 3.63) is 59.2 Å². The summed E-state index contributed by atoms with van der Waals surface area (Å²) in [6.45, 7) is 4.20. The minimum absolute atomic E-state index is 0.0109. The fraction of sp³-hybridized carbons (Fsp3) is 0.565. The number of aliphatic hydroxyl groups is 2. The molecule has 1 aromatic heterocycles. The molecule has 150 valence electrons. The lowest BCUT2D eigenvalue weighted by Gasteiger charge is -2.27. The van der Waals surface area contributed by atoms with E-state index in [1.807, 2.05) is 12.3 Å². The highest BCUT2D eigenvalue weighted by molar-refractivity contribution is 5.33. The summed E-state index contributed by atoms with van der Waals surface area (Å²) in [5.74, 6) is 1.19. The summed E-state index contributed by atoms with van der Waals surface area (Å²) in [4.78, 5) is 9.09. The average molecular weight is 382 g/mol. The number of benzene rings is 1. The van der Waals surface area contributed by atoms with E-state index in [0.29, 0.717) is 12.5 Å². The van der Waals surface area contributed by atoms with Crippen molar-refractivity contribution < 1.29 is 10.2 Å². The van der Waals surface area contributed by atoms with E-state index in [2.05, 4.69) is 48.4 Å². The smallest absolute Gasteiger partial charge is 0.131 e. The first-order valence-corrected chi connectivity index (χ1v) is 10.5. The van der Waals surface area contributed by atoms with Crippen LogP contribution in [0.2, 0.25) is 0 Å². The molecule has 2 aliphatic rings. The summed E-state index contributed by atoms with van der Waals surface area (Å²) in [5, 5.41) is 24.3. The quantitative estimate of drug-likeness (QED) is 0.715. The van der Waals surface area contributed by atoms with Gasteiger partial charge in [0.25, 0.3) is 0 Å². The van der Waals surface area contributed by atoms with Gasteiger partial charge in [0, 0.05) is 42.4 Å². The van der Waals surface area contributed by atoms with Gasteiger partial charge in [0.2, 0.25) is 0 Å². The van der Waals surface area contributed by atoms with Crippen LogP contribution in [-0.2, 0) is 19.3 Å². The molecule has 1 heterocycles. The molecule has 3 N–H and O–H groups in total. The van der Waals surface area contributed by atoms with Gasteiger partial charge in [-0.15, -0.1) is 0 Å². The fourth-order valence-electron chi connectivity index (χ4n) is 4.96. The maximum atomic E-state index is 10.6. The zero-order chi connectivity index (χ0) is 19.7. The number of fused-ring (bicyclic) bond motifs is 1. The summed E-state index contributed by atoms with van der Waals surface area (Å²) >= 11 is 0. The van der Waals surface area contributed by atoms with Crippen LogP contribution in [0.4, 0.5) is 0 Å². The number of aromatic nitrogens is 2. The average Bonchev–Trinajstić information content (AvgIpc) is 3.22. The second-order valence-corrected chi connectivity index (χ2v) is 8.73. The van der Waals surface area contributed by atoms with Crippen LogP contribution in [0.25, 0.3) is 0 Å². The Morgan fingerprint density at radius 1 is 1.11 bits per heavy atom. The second-order valence-electron chi connectivity index (χ2n) is 8.73. The van der Waals surface area contributed by atoms with E-state index >= 15 is 0 Å². The summed E-state index contributed by atoms with van der Waals surface area (Å²) < 4.78 is 0. The van der Waals surface area contributed by atoms with Gasteiger partial charge in [-0.3, -0.25) is 0 Å². The highest BCUT2D eigenvalue weighted by Gasteiger charge is 2.43. The molecule has 4 unspecified atom stereocenters. The van der Waals surface area contributed by atoms with Crippen molar-refractivity contribution in [3.63, 3.8) is 0 Å². The molecular formula is C23H31N3O2. The van der Waals surface area contributed by atoms with Gasteiger partial charge in [0.05, 0.1) is 6.10 Å². The Hall–Kier alpha value is -1.82. The van der Waals surface area contributed by atoms with Crippen LogP contribution in [0.1, 0.15) is 48.8 Å². The molecule has 0 spiro atoms. The maximum Gasteiger partial charge on any atom is 0.131 e. The Bertz CT molecular complexity index is 785. The highest BCUT2D eigenvalue weighted by atomic mass is 16.3. The van der Waals surface area contributed by atoms with Crippen LogP contribution in [0.5, 0.6) is 0 Å². The van der Waals surface area contributed by atoms with E-state index in [0.717, 1.165) is 30.8 Å². The van der Waals surface area contributed by atoms with Crippen LogP contribution < -0.4 is 5.32 Å². The molecule has 4 rings (SSSR count). The second kappa shape index (κ2) is 8.27. The predicted octanol–water partition coefficient (Wildman–Crippen LogP) is 2.26. The molecule has 0 bridgehead atoms. The van der Waals surface area contributed by atoms with Gasteiger partial charge in [-0.05, 0) is 48.8 Å². The molecule has 0 aliphatic heterocycles. The molecule has 2 aliphatic carbocycles. The molecule has 2 aromatic rings. The standard InChI is InChI=1S/C23H31N3O2/c1-14(2)23-24-8-7-17(26-23)11-19-20(13-27)22(28)12-21(19)25-18-9-15-5-3-4-6-16(15)10-18/h3-8,14,18-22,25,27-28H,9-13H2,1-2H3. The number of aliphatic hydroxyl groups excluding tert-OH is 2. The zero-order valence-electron chi connectivity index (χ0n) is 16.8. The fourth-order valence-corrected chi connectivity index (χ4v) is 4.96. The summed E-state index contributed by atoms with van der Waals surface area (Å²) in [6, 6.07) is 11.2. The van der Waals surface area contributed by atoms with E-state index < -0.39 is 6.10 Å². The van der Waals surface area contributed by atoms with Crippen molar-refractivity contribution in [1.29, 1.82) is 0 Å². The molecular weight excluding hydrogens is 350 g/mol. The van der Waals surface area contributed by atoms with Crippen LogP contribution in [0.3, 0.4) is 0 Å².